The molecule has 0 nitrogen and oxygen atoms in total. The van der Waals surface area contributed by atoms with Crippen molar-refractivity contribution in [2.24, 2.45) is 0 Å². The second-order valence-corrected chi connectivity index (χ2v) is 3.59. The van der Waals surface area contributed by atoms with Crippen molar-refractivity contribution in [2.45, 2.75) is 20.3 Å². The van der Waals surface area contributed by atoms with Gasteiger partial charge >= 0.3 is 0 Å². The minimum Gasteiger partial charge on any atom is -0.0839 e. The lowest BCUT2D eigenvalue weighted by Gasteiger charge is -2.03. The normalized spacial score (nSPS) is 11.8. The van der Waals surface area contributed by atoms with Crippen molar-refractivity contribution in [1.29, 1.82) is 0 Å². The molecule has 1 rings (SSSR count). The van der Waals surface area contributed by atoms with E-state index >= 15 is 0 Å². The Balaban J connectivity index is 2.96. The van der Waals surface area contributed by atoms with E-state index in [1.807, 2.05) is 0 Å². The molecule has 1 aromatic rings. The van der Waals surface area contributed by atoms with Crippen molar-refractivity contribution in [3.05, 3.63) is 40.4 Å². The molecular formula is C11H13Br. The number of allylic oxidation sites excluding steroid dienone is 2. The quantitative estimate of drug-likeness (QED) is 0.705. The number of rotatable bonds is 2. The van der Waals surface area contributed by atoms with Crippen LogP contribution in [-0.2, 0) is 0 Å². The van der Waals surface area contributed by atoms with Crippen LogP contribution in [0.4, 0.5) is 0 Å². The zero-order valence-corrected chi connectivity index (χ0v) is 9.06. The largest absolute Gasteiger partial charge is 0.0839 e. The molecular weight excluding hydrogens is 212 g/mol. The van der Waals surface area contributed by atoms with E-state index in [0.717, 1.165) is 10.9 Å². The molecule has 0 bridgehead atoms. The van der Waals surface area contributed by atoms with Crippen LogP contribution in [0.25, 0.3) is 5.57 Å². The van der Waals surface area contributed by atoms with Crippen LogP contribution < -0.4 is 0 Å². The van der Waals surface area contributed by atoms with Gasteiger partial charge in [0.2, 0.25) is 0 Å². The molecule has 0 spiro atoms. The van der Waals surface area contributed by atoms with Gasteiger partial charge in [0.1, 0.15) is 0 Å². The van der Waals surface area contributed by atoms with E-state index in [-0.39, 0.29) is 0 Å². The van der Waals surface area contributed by atoms with E-state index in [0.29, 0.717) is 0 Å². The fourth-order valence-corrected chi connectivity index (χ4v) is 1.50. The Labute approximate surface area is 82.4 Å². The minimum atomic E-state index is 1.10. The highest BCUT2D eigenvalue weighted by molar-refractivity contribution is 9.10. The third-order valence-electron chi connectivity index (χ3n) is 1.94. The summed E-state index contributed by atoms with van der Waals surface area (Å²) < 4.78 is 1.14. The van der Waals surface area contributed by atoms with E-state index in [9.17, 15) is 0 Å². The number of benzene rings is 1. The van der Waals surface area contributed by atoms with Crippen LogP contribution in [0, 0.1) is 0 Å². The van der Waals surface area contributed by atoms with Gasteiger partial charge in [0.15, 0.2) is 0 Å². The first kappa shape index (κ1) is 9.53. The van der Waals surface area contributed by atoms with Gasteiger partial charge in [-0.05, 0) is 36.6 Å². The summed E-state index contributed by atoms with van der Waals surface area (Å²) in [7, 11) is 0. The first-order valence-corrected chi connectivity index (χ1v) is 4.98. The van der Waals surface area contributed by atoms with E-state index < -0.39 is 0 Å². The first-order chi connectivity index (χ1) is 5.77. The highest BCUT2D eigenvalue weighted by Crippen LogP contribution is 2.19. The molecule has 12 heavy (non-hydrogen) atoms. The van der Waals surface area contributed by atoms with Gasteiger partial charge in [0.25, 0.3) is 0 Å². The Kier molecular flexibility index (Phi) is 3.54. The molecule has 0 fully saturated rings. The number of halogens is 1. The van der Waals surface area contributed by atoms with Crippen LogP contribution in [0.3, 0.4) is 0 Å². The van der Waals surface area contributed by atoms with Gasteiger partial charge in [-0.15, -0.1) is 0 Å². The molecule has 0 atom stereocenters. The molecule has 1 aromatic carbocycles. The summed E-state index contributed by atoms with van der Waals surface area (Å²) in [6.07, 6.45) is 3.27. The molecule has 0 N–H and O–H groups in total. The lowest BCUT2D eigenvalue weighted by Crippen LogP contribution is -1.80. The van der Waals surface area contributed by atoms with Gasteiger partial charge in [-0.1, -0.05) is 41.1 Å². The predicted octanol–water partition coefficient (Wildman–Crippen LogP) is 4.26. The standard InChI is InChI=1S/C11H13Br/c1-3-9(4-2)10-5-7-11(12)8-6-10/h3,5-8H,4H2,1-2H3. The van der Waals surface area contributed by atoms with Gasteiger partial charge in [-0.2, -0.15) is 0 Å². The Morgan fingerprint density at radius 2 is 1.92 bits per heavy atom. The Bertz CT molecular complexity index is 270. The zero-order chi connectivity index (χ0) is 8.97. The van der Waals surface area contributed by atoms with Crippen LogP contribution in [0.5, 0.6) is 0 Å². The second kappa shape index (κ2) is 4.46. The SMILES string of the molecule is CC=C(CC)c1ccc(Br)cc1. The fourth-order valence-electron chi connectivity index (χ4n) is 1.24. The van der Waals surface area contributed by atoms with Crippen molar-refractivity contribution < 1.29 is 0 Å². The van der Waals surface area contributed by atoms with Crippen LogP contribution in [0.1, 0.15) is 25.8 Å². The van der Waals surface area contributed by atoms with Gasteiger partial charge in [0.05, 0.1) is 0 Å². The molecule has 0 saturated carbocycles. The van der Waals surface area contributed by atoms with E-state index in [4.69, 9.17) is 0 Å². The highest BCUT2D eigenvalue weighted by Gasteiger charge is 1.96. The monoisotopic (exact) mass is 224 g/mol. The third-order valence-corrected chi connectivity index (χ3v) is 2.47. The maximum absolute atomic E-state index is 3.42. The summed E-state index contributed by atoms with van der Waals surface area (Å²) >= 11 is 3.42. The fraction of sp³-hybridized carbons (Fsp3) is 0.273. The first-order valence-electron chi connectivity index (χ1n) is 4.19. The van der Waals surface area contributed by atoms with Crippen LogP contribution in [0.2, 0.25) is 0 Å². The Morgan fingerprint density at radius 1 is 1.33 bits per heavy atom. The highest BCUT2D eigenvalue weighted by atomic mass is 79.9. The smallest absolute Gasteiger partial charge is 0.0175 e. The average Bonchev–Trinajstić information content (AvgIpc) is 2.10. The molecule has 0 amide bonds. The summed E-state index contributed by atoms with van der Waals surface area (Å²) in [5.41, 5.74) is 2.73. The van der Waals surface area contributed by atoms with Crippen molar-refractivity contribution in [3.8, 4) is 0 Å². The molecule has 0 aliphatic carbocycles. The number of hydrogen-bond acceptors (Lipinski definition) is 0. The maximum atomic E-state index is 3.42. The van der Waals surface area contributed by atoms with Crippen molar-refractivity contribution in [3.63, 3.8) is 0 Å². The van der Waals surface area contributed by atoms with Crippen LogP contribution in [-0.4, -0.2) is 0 Å². The molecule has 0 aromatic heterocycles. The minimum absolute atomic E-state index is 1.10. The number of hydrogen-bond donors (Lipinski definition) is 0. The molecule has 0 unspecified atom stereocenters. The van der Waals surface area contributed by atoms with Crippen molar-refractivity contribution >= 4 is 21.5 Å². The lowest BCUT2D eigenvalue weighted by molar-refractivity contribution is 1.23. The predicted molar refractivity (Wildman–Crippen MR) is 58.1 cm³/mol. The molecule has 64 valence electrons. The zero-order valence-electron chi connectivity index (χ0n) is 7.47. The third kappa shape index (κ3) is 2.21. The molecule has 0 heterocycles. The maximum Gasteiger partial charge on any atom is 0.0175 e. The van der Waals surface area contributed by atoms with Crippen molar-refractivity contribution in [1.82, 2.24) is 0 Å². The van der Waals surface area contributed by atoms with Crippen molar-refractivity contribution in [2.75, 3.05) is 0 Å². The molecule has 0 saturated heterocycles. The molecule has 1 heteroatoms. The van der Waals surface area contributed by atoms with E-state index in [2.05, 4.69) is 60.1 Å². The molecule has 0 aliphatic rings. The molecule has 0 radical (unpaired) electrons. The molecule has 0 aliphatic heterocycles. The summed E-state index contributed by atoms with van der Waals surface area (Å²) in [5.74, 6) is 0. The van der Waals surface area contributed by atoms with Gasteiger partial charge in [0, 0.05) is 4.47 Å². The van der Waals surface area contributed by atoms with Crippen LogP contribution in [0.15, 0.2) is 34.8 Å². The van der Waals surface area contributed by atoms with Gasteiger partial charge in [-0.25, -0.2) is 0 Å². The summed E-state index contributed by atoms with van der Waals surface area (Å²) in [6.45, 7) is 4.26. The Hall–Kier alpha value is -0.560. The lowest BCUT2D eigenvalue weighted by atomic mass is 10.0. The topological polar surface area (TPSA) is 0 Å². The van der Waals surface area contributed by atoms with Gasteiger partial charge in [-0.3, -0.25) is 0 Å². The second-order valence-electron chi connectivity index (χ2n) is 2.67. The summed E-state index contributed by atoms with van der Waals surface area (Å²) in [5, 5.41) is 0. The summed E-state index contributed by atoms with van der Waals surface area (Å²) in [4.78, 5) is 0. The van der Waals surface area contributed by atoms with E-state index in [1.165, 1.54) is 11.1 Å². The van der Waals surface area contributed by atoms with Gasteiger partial charge < -0.3 is 0 Å². The summed E-state index contributed by atoms with van der Waals surface area (Å²) in [6, 6.07) is 8.44. The average molecular weight is 225 g/mol. The van der Waals surface area contributed by atoms with E-state index in [1.54, 1.807) is 0 Å². The Morgan fingerprint density at radius 3 is 2.33 bits per heavy atom. The van der Waals surface area contributed by atoms with Crippen LogP contribution >= 0.6 is 15.9 Å².